The van der Waals surface area contributed by atoms with Gasteiger partial charge in [-0.15, -0.1) is 0 Å². The molecule has 4 nitrogen and oxygen atoms in total. The van der Waals surface area contributed by atoms with Crippen LogP contribution in [0.2, 0.25) is 0 Å². The number of nitrogens with zero attached hydrogens (tertiary/aromatic N) is 2. The molecule has 1 aromatic carbocycles. The number of carbonyl (C=O) groups is 1. The quantitative estimate of drug-likeness (QED) is 0.755. The molecule has 0 radical (unpaired) electrons. The Hall–Kier alpha value is -1.93. The second-order valence-electron chi connectivity index (χ2n) is 3.15. The van der Waals surface area contributed by atoms with Crippen molar-refractivity contribution in [1.82, 2.24) is 5.32 Å². The van der Waals surface area contributed by atoms with Crippen molar-refractivity contribution in [2.45, 2.75) is 6.92 Å². The fourth-order valence-electron chi connectivity index (χ4n) is 1.26. The number of thiocarbonyl (C=S) groups is 1. The lowest BCUT2D eigenvalue weighted by atomic mass is 10.2. The van der Waals surface area contributed by atoms with E-state index in [2.05, 4.69) is 5.32 Å². The van der Waals surface area contributed by atoms with Crippen molar-refractivity contribution in [3.8, 4) is 6.07 Å². The van der Waals surface area contributed by atoms with Crippen molar-refractivity contribution >= 4 is 28.9 Å². The highest BCUT2D eigenvalue weighted by Crippen LogP contribution is 2.16. The molecule has 0 saturated heterocycles. The highest BCUT2D eigenvalue weighted by molar-refractivity contribution is 7.81. The van der Waals surface area contributed by atoms with E-state index in [1.807, 2.05) is 13.0 Å². The SMILES string of the molecule is CNC(=O)N(C(=S)C#N)c1cccc(C)c1. The fourth-order valence-corrected chi connectivity index (χ4v) is 1.44. The lowest BCUT2D eigenvalue weighted by molar-refractivity contribution is 0.251. The van der Waals surface area contributed by atoms with Crippen LogP contribution in [-0.2, 0) is 0 Å². The summed E-state index contributed by atoms with van der Waals surface area (Å²) < 4.78 is 0. The number of nitrogens with one attached hydrogen (secondary N) is 1. The average Bonchev–Trinajstić information content (AvgIpc) is 2.29. The van der Waals surface area contributed by atoms with Gasteiger partial charge in [0.1, 0.15) is 6.07 Å². The van der Waals surface area contributed by atoms with Gasteiger partial charge in [0.25, 0.3) is 0 Å². The van der Waals surface area contributed by atoms with Crippen LogP contribution >= 0.6 is 12.2 Å². The zero-order chi connectivity index (χ0) is 12.1. The standard InChI is InChI=1S/C11H11N3OS/c1-8-4-3-5-9(6-8)14(10(16)7-12)11(15)13-2/h3-6H,1-2H3,(H,13,15). The van der Waals surface area contributed by atoms with Gasteiger partial charge in [-0.25, -0.2) is 9.69 Å². The van der Waals surface area contributed by atoms with Crippen LogP contribution in [0.3, 0.4) is 0 Å². The topological polar surface area (TPSA) is 56.1 Å². The Morgan fingerprint density at radius 3 is 2.75 bits per heavy atom. The summed E-state index contributed by atoms with van der Waals surface area (Å²) in [7, 11) is 1.49. The van der Waals surface area contributed by atoms with Gasteiger partial charge in [0, 0.05) is 7.05 Å². The molecule has 0 atom stereocenters. The zero-order valence-electron chi connectivity index (χ0n) is 9.02. The molecule has 1 rings (SSSR count). The van der Waals surface area contributed by atoms with Crippen molar-refractivity contribution in [3.63, 3.8) is 0 Å². The zero-order valence-corrected chi connectivity index (χ0v) is 9.84. The molecular formula is C11H11N3OS. The molecule has 0 bridgehead atoms. The lowest BCUT2D eigenvalue weighted by Gasteiger charge is -2.19. The maximum atomic E-state index is 11.6. The highest BCUT2D eigenvalue weighted by Gasteiger charge is 2.18. The van der Waals surface area contributed by atoms with Gasteiger partial charge in [0.2, 0.25) is 0 Å². The third-order valence-electron chi connectivity index (χ3n) is 1.98. The molecule has 16 heavy (non-hydrogen) atoms. The van der Waals surface area contributed by atoms with Gasteiger partial charge in [-0.05, 0) is 36.8 Å². The molecule has 1 aromatic rings. The summed E-state index contributed by atoms with van der Waals surface area (Å²) in [6.07, 6.45) is 0. The number of hydrogen-bond acceptors (Lipinski definition) is 3. The minimum atomic E-state index is -0.419. The summed E-state index contributed by atoms with van der Waals surface area (Å²) in [4.78, 5) is 12.7. The fraction of sp³-hybridized carbons (Fsp3) is 0.182. The molecule has 0 aliphatic rings. The number of carbonyl (C=O) groups excluding carboxylic acids is 1. The Balaban J connectivity index is 3.17. The number of aryl methyl sites for hydroxylation is 1. The van der Waals surface area contributed by atoms with E-state index in [9.17, 15) is 4.79 Å². The summed E-state index contributed by atoms with van der Waals surface area (Å²) in [6.45, 7) is 1.90. The number of amides is 2. The van der Waals surface area contributed by atoms with Crippen LogP contribution in [0.5, 0.6) is 0 Å². The van der Waals surface area contributed by atoms with E-state index < -0.39 is 6.03 Å². The molecule has 0 aliphatic carbocycles. The largest absolute Gasteiger partial charge is 0.340 e. The maximum absolute atomic E-state index is 11.6. The normalized spacial score (nSPS) is 9.06. The van der Waals surface area contributed by atoms with Crippen LogP contribution < -0.4 is 10.2 Å². The molecule has 5 heteroatoms. The molecule has 0 saturated carbocycles. The number of urea groups is 1. The average molecular weight is 233 g/mol. The van der Waals surface area contributed by atoms with Crippen LogP contribution in [0.4, 0.5) is 10.5 Å². The first kappa shape index (κ1) is 12.1. The second kappa shape index (κ2) is 5.24. The van der Waals surface area contributed by atoms with Gasteiger partial charge in [-0.3, -0.25) is 0 Å². The van der Waals surface area contributed by atoms with Crippen LogP contribution in [-0.4, -0.2) is 18.1 Å². The Kier molecular flexibility index (Phi) is 3.97. The van der Waals surface area contributed by atoms with Crippen LogP contribution in [0.25, 0.3) is 0 Å². The van der Waals surface area contributed by atoms with Crippen LogP contribution in [0, 0.1) is 18.3 Å². The molecule has 0 aliphatic heterocycles. The first-order valence-corrected chi connectivity index (χ1v) is 5.03. The van der Waals surface area contributed by atoms with Crippen molar-refractivity contribution in [1.29, 1.82) is 5.26 Å². The van der Waals surface area contributed by atoms with Crippen LogP contribution in [0.1, 0.15) is 5.56 Å². The Morgan fingerprint density at radius 2 is 2.25 bits per heavy atom. The molecule has 82 valence electrons. The highest BCUT2D eigenvalue weighted by atomic mass is 32.1. The number of rotatable bonds is 1. The van der Waals surface area contributed by atoms with Gasteiger partial charge in [0.15, 0.2) is 4.99 Å². The van der Waals surface area contributed by atoms with Crippen molar-refractivity contribution in [2.75, 3.05) is 11.9 Å². The first-order chi connectivity index (χ1) is 7.60. The van der Waals surface area contributed by atoms with E-state index in [0.29, 0.717) is 5.69 Å². The first-order valence-electron chi connectivity index (χ1n) is 4.62. The van der Waals surface area contributed by atoms with Gasteiger partial charge in [-0.1, -0.05) is 12.1 Å². The number of anilines is 1. The molecule has 0 aromatic heterocycles. The molecule has 2 amide bonds. The molecule has 0 unspecified atom stereocenters. The van der Waals surface area contributed by atoms with Crippen LogP contribution in [0.15, 0.2) is 24.3 Å². The molecule has 1 N–H and O–H groups in total. The van der Waals surface area contributed by atoms with Crippen molar-refractivity contribution in [2.24, 2.45) is 0 Å². The summed E-state index contributed by atoms with van der Waals surface area (Å²) >= 11 is 4.85. The third kappa shape index (κ3) is 2.55. The molecular weight excluding hydrogens is 222 g/mol. The molecule has 0 fully saturated rings. The van der Waals surface area contributed by atoms with Gasteiger partial charge >= 0.3 is 6.03 Å². The number of hydrogen-bond donors (Lipinski definition) is 1. The van der Waals surface area contributed by atoms with E-state index >= 15 is 0 Å². The minimum Gasteiger partial charge on any atom is -0.340 e. The second-order valence-corrected chi connectivity index (χ2v) is 3.53. The van der Waals surface area contributed by atoms with E-state index in [1.165, 1.54) is 11.9 Å². The van der Waals surface area contributed by atoms with E-state index in [-0.39, 0.29) is 4.99 Å². The summed E-state index contributed by atoms with van der Waals surface area (Å²) in [6, 6.07) is 8.60. The Labute approximate surface area is 99.5 Å². The molecule has 0 spiro atoms. The summed E-state index contributed by atoms with van der Waals surface area (Å²) in [5.41, 5.74) is 1.58. The third-order valence-corrected chi connectivity index (χ3v) is 2.25. The summed E-state index contributed by atoms with van der Waals surface area (Å²) in [5, 5.41) is 11.2. The number of benzene rings is 1. The van der Waals surface area contributed by atoms with Crippen molar-refractivity contribution in [3.05, 3.63) is 29.8 Å². The molecule has 0 heterocycles. The van der Waals surface area contributed by atoms with Crippen molar-refractivity contribution < 1.29 is 4.79 Å². The Bertz CT molecular complexity index is 465. The lowest BCUT2D eigenvalue weighted by Crippen LogP contribution is -2.41. The Morgan fingerprint density at radius 1 is 1.56 bits per heavy atom. The van der Waals surface area contributed by atoms with E-state index in [0.717, 1.165) is 5.56 Å². The minimum absolute atomic E-state index is 0.0787. The van der Waals surface area contributed by atoms with E-state index in [4.69, 9.17) is 17.5 Å². The predicted octanol–water partition coefficient (Wildman–Crippen LogP) is 1.99. The smallest absolute Gasteiger partial charge is 0.327 e. The van der Waals surface area contributed by atoms with E-state index in [1.54, 1.807) is 24.3 Å². The maximum Gasteiger partial charge on any atom is 0.327 e. The predicted molar refractivity (Wildman–Crippen MR) is 66.3 cm³/mol. The van der Waals surface area contributed by atoms with Gasteiger partial charge in [-0.2, -0.15) is 5.26 Å². The van der Waals surface area contributed by atoms with Gasteiger partial charge < -0.3 is 5.32 Å². The monoisotopic (exact) mass is 233 g/mol. The summed E-state index contributed by atoms with van der Waals surface area (Å²) in [5.74, 6) is 0. The van der Waals surface area contributed by atoms with Gasteiger partial charge in [0.05, 0.1) is 5.69 Å². The number of nitriles is 1.